The third kappa shape index (κ3) is 7.21. The molecule has 1 aliphatic rings. The van der Waals surface area contributed by atoms with Crippen LogP contribution >= 0.6 is 0 Å². The van der Waals surface area contributed by atoms with Crippen molar-refractivity contribution in [3.63, 3.8) is 0 Å². The van der Waals surface area contributed by atoms with Gasteiger partial charge in [0.2, 0.25) is 5.95 Å². The zero-order valence-corrected chi connectivity index (χ0v) is 24.2. The molecule has 1 aliphatic heterocycles. The van der Waals surface area contributed by atoms with Crippen molar-refractivity contribution in [2.45, 2.75) is 44.4 Å². The molecule has 8 nitrogen and oxygen atoms in total. The van der Waals surface area contributed by atoms with E-state index in [0.717, 1.165) is 48.5 Å². The molecule has 0 bridgehead atoms. The largest absolute Gasteiger partial charge is 0.493 e. The standard InChI is InChI=1S/C35H37N5O3/c41-33-17-16-27-26-37-35(40(28-10-4-1-5-11-28)29-18-22-36-23-19-29)38-34(27)39(33)24-20-32(43-31-14-8-3-9-15-31)21-25-42-30-12-6-2-7-13-30/h1-17,26,29,32,36H,18-25H2. The van der Waals surface area contributed by atoms with E-state index in [2.05, 4.69) is 22.3 Å². The summed E-state index contributed by atoms with van der Waals surface area (Å²) in [6.07, 6.45) is 4.92. The van der Waals surface area contributed by atoms with Gasteiger partial charge in [0.25, 0.3) is 5.56 Å². The van der Waals surface area contributed by atoms with E-state index < -0.39 is 0 Å². The van der Waals surface area contributed by atoms with E-state index in [1.165, 1.54) is 0 Å². The molecule has 0 radical (unpaired) electrons. The Labute approximate surface area is 251 Å². The Bertz CT molecular complexity index is 1640. The van der Waals surface area contributed by atoms with Crippen LogP contribution in [0.25, 0.3) is 11.0 Å². The van der Waals surface area contributed by atoms with E-state index in [0.29, 0.717) is 37.6 Å². The number of anilines is 2. The molecular formula is C35H37N5O3. The van der Waals surface area contributed by atoms with Gasteiger partial charge in [-0.1, -0.05) is 54.6 Å². The highest BCUT2D eigenvalue weighted by Crippen LogP contribution is 2.29. The predicted molar refractivity (Wildman–Crippen MR) is 170 cm³/mol. The van der Waals surface area contributed by atoms with Crippen molar-refractivity contribution < 1.29 is 9.47 Å². The Hall–Kier alpha value is -4.69. The fourth-order valence-electron chi connectivity index (χ4n) is 5.59. The van der Waals surface area contributed by atoms with Gasteiger partial charge in [-0.3, -0.25) is 9.36 Å². The molecule has 1 fully saturated rings. The molecular weight excluding hydrogens is 538 g/mol. The van der Waals surface area contributed by atoms with Crippen LogP contribution in [-0.2, 0) is 6.54 Å². The summed E-state index contributed by atoms with van der Waals surface area (Å²) in [5, 5.41) is 4.28. The smallest absolute Gasteiger partial charge is 0.252 e. The number of ether oxygens (including phenoxy) is 2. The van der Waals surface area contributed by atoms with E-state index in [-0.39, 0.29) is 17.7 Å². The zero-order valence-electron chi connectivity index (χ0n) is 24.2. The first-order valence-corrected chi connectivity index (χ1v) is 15.1. The number of hydrogen-bond donors (Lipinski definition) is 1. The van der Waals surface area contributed by atoms with Gasteiger partial charge < -0.3 is 19.7 Å². The summed E-state index contributed by atoms with van der Waals surface area (Å²) in [7, 11) is 0. The van der Waals surface area contributed by atoms with Crippen molar-refractivity contribution in [3.8, 4) is 11.5 Å². The van der Waals surface area contributed by atoms with Crippen molar-refractivity contribution in [1.29, 1.82) is 0 Å². The lowest BCUT2D eigenvalue weighted by molar-refractivity contribution is 0.148. The van der Waals surface area contributed by atoms with Crippen molar-refractivity contribution in [2.24, 2.45) is 0 Å². The third-order valence-electron chi connectivity index (χ3n) is 7.81. The lowest BCUT2D eigenvalue weighted by Gasteiger charge is -2.34. The Morgan fingerprint density at radius 1 is 0.837 bits per heavy atom. The number of piperidine rings is 1. The molecule has 43 heavy (non-hydrogen) atoms. The van der Waals surface area contributed by atoms with Gasteiger partial charge in [-0.05, 0) is 68.4 Å². The molecule has 0 saturated carbocycles. The molecule has 6 rings (SSSR count). The minimum atomic E-state index is -0.162. The quantitative estimate of drug-likeness (QED) is 0.196. The number of nitrogens with zero attached hydrogens (tertiary/aromatic N) is 4. The molecule has 1 atom stereocenters. The first kappa shape index (κ1) is 28.4. The van der Waals surface area contributed by atoms with Gasteiger partial charge in [0.15, 0.2) is 0 Å². The van der Waals surface area contributed by atoms with Crippen LogP contribution in [0.1, 0.15) is 25.7 Å². The number of para-hydroxylation sites is 3. The minimum absolute atomic E-state index is 0.0933. The van der Waals surface area contributed by atoms with Crippen molar-refractivity contribution >= 4 is 22.7 Å². The Kier molecular flexibility index (Phi) is 9.25. The number of hydrogen-bond acceptors (Lipinski definition) is 7. The normalized spacial score (nSPS) is 14.3. The van der Waals surface area contributed by atoms with Crippen molar-refractivity contribution in [1.82, 2.24) is 19.9 Å². The SMILES string of the molecule is O=c1ccc2cnc(N(c3ccccc3)C3CCNCC3)nc2n1CCC(CCOc1ccccc1)Oc1ccccc1. The van der Waals surface area contributed by atoms with E-state index in [4.69, 9.17) is 19.4 Å². The lowest BCUT2D eigenvalue weighted by atomic mass is 10.0. The number of nitrogens with one attached hydrogen (secondary N) is 1. The molecule has 0 amide bonds. The lowest BCUT2D eigenvalue weighted by Crippen LogP contribution is -2.41. The van der Waals surface area contributed by atoms with Crippen LogP contribution < -0.4 is 25.2 Å². The summed E-state index contributed by atoms with van der Waals surface area (Å²) in [5.41, 5.74) is 1.59. The molecule has 5 aromatic rings. The maximum atomic E-state index is 13.3. The summed E-state index contributed by atoms with van der Waals surface area (Å²) in [4.78, 5) is 25.3. The summed E-state index contributed by atoms with van der Waals surface area (Å²) in [6.45, 7) is 2.85. The average molecular weight is 576 g/mol. The topological polar surface area (TPSA) is 81.5 Å². The van der Waals surface area contributed by atoms with Gasteiger partial charge in [0.05, 0.1) is 6.61 Å². The van der Waals surface area contributed by atoms with E-state index in [1.54, 1.807) is 16.7 Å². The first-order valence-electron chi connectivity index (χ1n) is 15.1. The first-order chi connectivity index (χ1) is 21.2. The number of rotatable bonds is 12. The number of aryl methyl sites for hydroxylation is 1. The van der Waals surface area contributed by atoms with Gasteiger partial charge >= 0.3 is 0 Å². The maximum Gasteiger partial charge on any atom is 0.252 e. The van der Waals surface area contributed by atoms with Crippen LogP contribution in [0.3, 0.4) is 0 Å². The van der Waals surface area contributed by atoms with Gasteiger partial charge in [-0.15, -0.1) is 0 Å². The van der Waals surface area contributed by atoms with Crippen LogP contribution in [0.2, 0.25) is 0 Å². The highest BCUT2D eigenvalue weighted by molar-refractivity contribution is 5.76. The van der Waals surface area contributed by atoms with Crippen LogP contribution in [0.5, 0.6) is 11.5 Å². The second kappa shape index (κ2) is 14.0. The molecule has 1 unspecified atom stereocenters. The number of fused-ring (bicyclic) bond motifs is 1. The van der Waals surface area contributed by atoms with Gasteiger partial charge in [-0.25, -0.2) is 4.98 Å². The molecule has 8 heteroatoms. The highest BCUT2D eigenvalue weighted by atomic mass is 16.5. The fraction of sp³-hybridized carbons (Fsp3) is 0.286. The molecule has 2 aromatic heterocycles. The van der Waals surface area contributed by atoms with Gasteiger partial charge in [0, 0.05) is 48.8 Å². The molecule has 1 saturated heterocycles. The highest BCUT2D eigenvalue weighted by Gasteiger charge is 2.25. The van der Waals surface area contributed by atoms with Gasteiger partial charge in [0.1, 0.15) is 23.3 Å². The van der Waals surface area contributed by atoms with Gasteiger partial charge in [-0.2, -0.15) is 4.98 Å². The summed E-state index contributed by atoms with van der Waals surface area (Å²) >= 11 is 0. The fourth-order valence-corrected chi connectivity index (χ4v) is 5.59. The number of aromatic nitrogens is 3. The Morgan fingerprint density at radius 3 is 2.23 bits per heavy atom. The van der Waals surface area contributed by atoms with E-state index >= 15 is 0 Å². The average Bonchev–Trinajstić information content (AvgIpc) is 3.06. The van der Waals surface area contributed by atoms with Crippen molar-refractivity contribution in [3.05, 3.63) is 120 Å². The van der Waals surface area contributed by atoms with Crippen LogP contribution in [-0.4, -0.2) is 46.4 Å². The monoisotopic (exact) mass is 575 g/mol. The summed E-state index contributed by atoms with van der Waals surface area (Å²) in [6, 6.07) is 33.5. The Balaban J connectivity index is 1.27. The minimum Gasteiger partial charge on any atom is -0.493 e. The molecule has 220 valence electrons. The predicted octanol–water partition coefficient (Wildman–Crippen LogP) is 5.99. The van der Waals surface area contributed by atoms with Crippen LogP contribution in [0.4, 0.5) is 11.6 Å². The third-order valence-corrected chi connectivity index (χ3v) is 7.81. The zero-order chi connectivity index (χ0) is 29.3. The summed E-state index contributed by atoms with van der Waals surface area (Å²) in [5.74, 6) is 2.23. The van der Waals surface area contributed by atoms with Crippen molar-refractivity contribution in [2.75, 3.05) is 24.6 Å². The van der Waals surface area contributed by atoms with E-state index in [9.17, 15) is 4.79 Å². The maximum absolute atomic E-state index is 13.3. The number of benzene rings is 3. The Morgan fingerprint density at radius 2 is 1.51 bits per heavy atom. The second-order valence-electron chi connectivity index (χ2n) is 10.8. The molecule has 3 aromatic carbocycles. The number of pyridine rings is 1. The van der Waals surface area contributed by atoms with Crippen LogP contribution in [0, 0.1) is 0 Å². The molecule has 0 spiro atoms. The molecule has 0 aliphatic carbocycles. The van der Waals surface area contributed by atoms with E-state index in [1.807, 2.05) is 85.1 Å². The van der Waals surface area contributed by atoms with Crippen LogP contribution in [0.15, 0.2) is 114 Å². The summed E-state index contributed by atoms with van der Waals surface area (Å²) < 4.78 is 14.1. The molecule has 3 heterocycles. The second-order valence-corrected chi connectivity index (χ2v) is 10.8. The molecule has 1 N–H and O–H groups in total.